The molecule has 1 atom stereocenters. The molecule has 1 N–H and O–H groups in total. The predicted octanol–water partition coefficient (Wildman–Crippen LogP) is 2.66. The number of nitrogens with zero attached hydrogens (tertiary/aromatic N) is 2. The van der Waals surface area contributed by atoms with Crippen LogP contribution in [0, 0.1) is 26.7 Å². The Morgan fingerprint density at radius 2 is 1.81 bits per heavy atom. The highest BCUT2D eigenvalue weighted by Gasteiger charge is 2.30. The third-order valence-corrected chi connectivity index (χ3v) is 5.12. The van der Waals surface area contributed by atoms with Gasteiger partial charge < -0.3 is 15.1 Å². The fourth-order valence-corrected chi connectivity index (χ4v) is 3.79. The van der Waals surface area contributed by atoms with Crippen molar-refractivity contribution in [3.05, 3.63) is 28.8 Å². The van der Waals surface area contributed by atoms with Crippen LogP contribution in [0.2, 0.25) is 0 Å². The van der Waals surface area contributed by atoms with E-state index < -0.39 is 0 Å². The number of carbonyl (C=O) groups is 3. The van der Waals surface area contributed by atoms with E-state index in [1.54, 1.807) is 11.9 Å². The van der Waals surface area contributed by atoms with Gasteiger partial charge in [-0.05, 0) is 44.7 Å². The monoisotopic (exact) mass is 373 g/mol. The second-order valence-electron chi connectivity index (χ2n) is 7.55. The zero-order valence-electron chi connectivity index (χ0n) is 17.1. The van der Waals surface area contributed by atoms with Crippen molar-refractivity contribution in [2.45, 2.75) is 47.0 Å². The van der Waals surface area contributed by atoms with Gasteiger partial charge in [0.2, 0.25) is 17.7 Å². The van der Waals surface area contributed by atoms with E-state index in [4.69, 9.17) is 0 Å². The largest absolute Gasteiger partial charge is 0.342 e. The highest BCUT2D eigenvalue weighted by atomic mass is 16.2. The standard InChI is InChI=1S/C21H31N3O3/c1-6-19(26)24-9-7-8-17(12-24)21(27)23(5)13-18(25)22-20-15(3)10-14(2)11-16(20)4/h10-11,17H,6-9,12-13H2,1-5H3,(H,22,25). The molecule has 0 spiro atoms. The van der Waals surface area contributed by atoms with Crippen molar-refractivity contribution in [2.75, 3.05) is 32.0 Å². The highest BCUT2D eigenvalue weighted by Crippen LogP contribution is 2.22. The van der Waals surface area contributed by atoms with Crippen LogP contribution in [0.1, 0.15) is 42.9 Å². The SMILES string of the molecule is CCC(=O)N1CCCC(C(=O)N(C)CC(=O)Nc2c(C)cc(C)cc2C)C1. The molecule has 6 heteroatoms. The number of rotatable bonds is 5. The van der Waals surface area contributed by atoms with Crippen LogP contribution < -0.4 is 5.32 Å². The number of hydrogen-bond donors (Lipinski definition) is 1. The van der Waals surface area contributed by atoms with Crippen LogP contribution in [0.25, 0.3) is 0 Å². The summed E-state index contributed by atoms with van der Waals surface area (Å²) in [6, 6.07) is 4.05. The summed E-state index contributed by atoms with van der Waals surface area (Å²) in [5.41, 5.74) is 3.98. The minimum Gasteiger partial charge on any atom is -0.342 e. The molecule has 148 valence electrons. The molecule has 1 aromatic rings. The first-order valence-electron chi connectivity index (χ1n) is 9.63. The number of piperidine rings is 1. The van der Waals surface area contributed by atoms with Gasteiger partial charge in [0, 0.05) is 32.2 Å². The van der Waals surface area contributed by atoms with Gasteiger partial charge >= 0.3 is 0 Å². The second-order valence-corrected chi connectivity index (χ2v) is 7.55. The first kappa shape index (κ1) is 20.9. The molecule has 1 saturated heterocycles. The van der Waals surface area contributed by atoms with Crippen molar-refractivity contribution in [1.82, 2.24) is 9.80 Å². The molecule has 1 aliphatic heterocycles. The molecular formula is C21H31N3O3. The Balaban J connectivity index is 1.96. The molecule has 2 rings (SSSR count). The van der Waals surface area contributed by atoms with Crippen molar-refractivity contribution in [2.24, 2.45) is 5.92 Å². The molecule has 1 unspecified atom stereocenters. The maximum absolute atomic E-state index is 12.7. The predicted molar refractivity (Wildman–Crippen MR) is 107 cm³/mol. The van der Waals surface area contributed by atoms with Crippen LogP contribution in [0.3, 0.4) is 0 Å². The van der Waals surface area contributed by atoms with Gasteiger partial charge in [0.25, 0.3) is 0 Å². The van der Waals surface area contributed by atoms with Crippen molar-refractivity contribution >= 4 is 23.4 Å². The first-order valence-corrected chi connectivity index (χ1v) is 9.63. The molecule has 1 aliphatic rings. The molecule has 0 bridgehead atoms. The maximum Gasteiger partial charge on any atom is 0.243 e. The average Bonchev–Trinajstić information content (AvgIpc) is 2.63. The highest BCUT2D eigenvalue weighted by molar-refractivity contribution is 5.96. The van der Waals surface area contributed by atoms with Gasteiger partial charge in [0.15, 0.2) is 0 Å². The van der Waals surface area contributed by atoms with Gasteiger partial charge in [-0.15, -0.1) is 0 Å². The number of aryl methyl sites for hydroxylation is 3. The lowest BCUT2D eigenvalue weighted by Gasteiger charge is -2.33. The van der Waals surface area contributed by atoms with Crippen molar-refractivity contribution in [1.29, 1.82) is 0 Å². The lowest BCUT2D eigenvalue weighted by Crippen LogP contribution is -2.47. The number of hydrogen-bond acceptors (Lipinski definition) is 3. The third-order valence-electron chi connectivity index (χ3n) is 5.12. The summed E-state index contributed by atoms with van der Waals surface area (Å²) >= 11 is 0. The van der Waals surface area contributed by atoms with E-state index >= 15 is 0 Å². The van der Waals surface area contributed by atoms with Gasteiger partial charge in [-0.1, -0.05) is 24.6 Å². The Hall–Kier alpha value is -2.37. The summed E-state index contributed by atoms with van der Waals surface area (Å²) in [5.74, 6) is -0.428. The van der Waals surface area contributed by atoms with Gasteiger partial charge in [0.05, 0.1) is 12.5 Å². The molecular weight excluding hydrogens is 342 g/mol. The third kappa shape index (κ3) is 5.31. The van der Waals surface area contributed by atoms with E-state index in [1.807, 2.05) is 39.8 Å². The van der Waals surface area contributed by atoms with Gasteiger partial charge in [-0.25, -0.2) is 0 Å². The molecule has 1 fully saturated rings. The topological polar surface area (TPSA) is 69.7 Å². The zero-order valence-corrected chi connectivity index (χ0v) is 17.1. The van der Waals surface area contributed by atoms with E-state index in [1.165, 1.54) is 4.90 Å². The molecule has 0 radical (unpaired) electrons. The summed E-state index contributed by atoms with van der Waals surface area (Å²) in [6.45, 7) is 8.95. The summed E-state index contributed by atoms with van der Waals surface area (Å²) in [4.78, 5) is 40.3. The van der Waals surface area contributed by atoms with Crippen LogP contribution in [0.15, 0.2) is 12.1 Å². The minimum atomic E-state index is -0.227. The number of nitrogens with one attached hydrogen (secondary N) is 1. The molecule has 1 aromatic carbocycles. The van der Waals surface area contributed by atoms with Crippen LogP contribution in [-0.2, 0) is 14.4 Å². The minimum absolute atomic E-state index is 0.00378. The van der Waals surface area contributed by atoms with E-state index in [-0.39, 0.29) is 30.2 Å². The normalized spacial score (nSPS) is 16.8. The lowest BCUT2D eigenvalue weighted by molar-refractivity contribution is -0.141. The molecule has 27 heavy (non-hydrogen) atoms. The molecule has 0 saturated carbocycles. The fraction of sp³-hybridized carbons (Fsp3) is 0.571. The summed E-state index contributed by atoms with van der Waals surface area (Å²) < 4.78 is 0. The van der Waals surface area contributed by atoms with E-state index in [2.05, 4.69) is 5.32 Å². The molecule has 0 aliphatic carbocycles. The van der Waals surface area contributed by atoms with Crippen LogP contribution in [0.4, 0.5) is 5.69 Å². The fourth-order valence-electron chi connectivity index (χ4n) is 3.79. The Labute approximate surface area is 161 Å². The Morgan fingerprint density at radius 3 is 2.41 bits per heavy atom. The van der Waals surface area contributed by atoms with Crippen molar-refractivity contribution in [3.63, 3.8) is 0 Å². The Bertz CT molecular complexity index is 706. The van der Waals surface area contributed by atoms with Crippen LogP contribution in [0.5, 0.6) is 0 Å². The first-order chi connectivity index (χ1) is 12.7. The zero-order chi connectivity index (χ0) is 20.1. The summed E-state index contributed by atoms with van der Waals surface area (Å²) in [7, 11) is 1.65. The number of anilines is 1. The molecule has 3 amide bonds. The van der Waals surface area contributed by atoms with Crippen LogP contribution >= 0.6 is 0 Å². The number of amides is 3. The summed E-state index contributed by atoms with van der Waals surface area (Å²) in [6.07, 6.45) is 2.03. The van der Waals surface area contributed by atoms with Gasteiger partial charge in [-0.2, -0.15) is 0 Å². The Morgan fingerprint density at radius 1 is 1.19 bits per heavy atom. The number of carbonyl (C=O) groups excluding carboxylic acids is 3. The van der Waals surface area contributed by atoms with E-state index in [9.17, 15) is 14.4 Å². The van der Waals surface area contributed by atoms with Gasteiger partial charge in [0.1, 0.15) is 0 Å². The average molecular weight is 373 g/mol. The van der Waals surface area contributed by atoms with Crippen molar-refractivity contribution < 1.29 is 14.4 Å². The van der Waals surface area contributed by atoms with Crippen LogP contribution in [-0.4, -0.2) is 54.2 Å². The van der Waals surface area contributed by atoms with Gasteiger partial charge in [-0.3, -0.25) is 14.4 Å². The number of benzene rings is 1. The smallest absolute Gasteiger partial charge is 0.243 e. The lowest BCUT2D eigenvalue weighted by atomic mass is 9.96. The quantitative estimate of drug-likeness (QED) is 0.863. The Kier molecular flexibility index (Phi) is 6.99. The second kappa shape index (κ2) is 9.02. The molecule has 0 aromatic heterocycles. The number of likely N-dealkylation sites (N-methyl/N-ethyl adjacent to an activating group) is 1. The summed E-state index contributed by atoms with van der Waals surface area (Å²) in [5, 5.41) is 2.93. The van der Waals surface area contributed by atoms with E-state index in [0.29, 0.717) is 19.5 Å². The van der Waals surface area contributed by atoms with E-state index in [0.717, 1.165) is 35.2 Å². The maximum atomic E-state index is 12.7. The molecule has 6 nitrogen and oxygen atoms in total. The van der Waals surface area contributed by atoms with Crippen molar-refractivity contribution in [3.8, 4) is 0 Å². The molecule has 1 heterocycles. The number of likely N-dealkylation sites (tertiary alicyclic amines) is 1.